The number of nitrogens with one attached hydrogen (secondary N) is 3. The van der Waals surface area contributed by atoms with E-state index in [0.717, 1.165) is 9.69 Å². The Morgan fingerprint density at radius 1 is 1.05 bits per heavy atom. The van der Waals surface area contributed by atoms with Gasteiger partial charge in [-0.3, -0.25) is 19.8 Å². The molecule has 1 heterocycles. The van der Waals surface area contributed by atoms with Gasteiger partial charge in [0.05, 0.1) is 4.90 Å². The van der Waals surface area contributed by atoms with Crippen LogP contribution < -0.4 is 16.4 Å². The molecule has 2 amide bonds. The van der Waals surface area contributed by atoms with Gasteiger partial charge in [-0.2, -0.15) is 4.31 Å². The molecule has 1 aliphatic heterocycles. The molecule has 210 valence electrons. The third kappa shape index (κ3) is 6.46. The van der Waals surface area contributed by atoms with Crippen LogP contribution in [0.5, 0.6) is 0 Å². The molecule has 1 saturated heterocycles. The normalized spacial score (nSPS) is 16.4. The van der Waals surface area contributed by atoms with Crippen LogP contribution in [0, 0.1) is 5.41 Å². The number of likely N-dealkylation sites (N-methyl/N-ethyl adjacent to an activating group) is 1. The van der Waals surface area contributed by atoms with Crippen LogP contribution in [-0.2, 0) is 19.6 Å². The standard InChI is InChI=1S/C28H32N6O5S/c1-33(40(38,39)23-14-13-19-8-5-6-11-21(19)16-23)24(17-31-27(37)25(35)20-9-3-2-4-10-20)26(36)32-22-12-7-15-34(18-22)28(29)30/h2-6,8-11,13-14,16,22,24H,7,12,15,17-18H2,1H3,(H3,29,30)(H,31,37)(H,32,36)/t22-,24?/m0/s1. The van der Waals surface area contributed by atoms with Gasteiger partial charge in [-0.25, -0.2) is 8.42 Å². The fourth-order valence-electron chi connectivity index (χ4n) is 4.65. The van der Waals surface area contributed by atoms with Crippen LogP contribution in [-0.4, -0.2) is 79.9 Å². The van der Waals surface area contributed by atoms with E-state index >= 15 is 0 Å². The zero-order valence-electron chi connectivity index (χ0n) is 22.0. The summed E-state index contributed by atoms with van der Waals surface area (Å²) < 4.78 is 28.2. The number of sulfonamides is 1. The van der Waals surface area contributed by atoms with Gasteiger partial charge >= 0.3 is 0 Å². The summed E-state index contributed by atoms with van der Waals surface area (Å²) in [5, 5.41) is 14.6. The number of likely N-dealkylation sites (tertiary alicyclic amines) is 1. The minimum absolute atomic E-state index is 0.0152. The van der Waals surface area contributed by atoms with Gasteiger partial charge in [0.15, 0.2) is 5.96 Å². The van der Waals surface area contributed by atoms with Crippen molar-refractivity contribution in [2.45, 2.75) is 29.8 Å². The molecule has 0 radical (unpaired) electrons. The molecule has 0 aliphatic carbocycles. The average Bonchev–Trinajstić information content (AvgIpc) is 2.96. The van der Waals surface area contributed by atoms with E-state index in [4.69, 9.17) is 11.1 Å². The smallest absolute Gasteiger partial charge is 0.292 e. The molecular formula is C28H32N6O5S. The number of nitrogens with zero attached hydrogens (tertiary/aromatic N) is 2. The first kappa shape index (κ1) is 28.7. The third-order valence-corrected chi connectivity index (χ3v) is 8.81. The van der Waals surface area contributed by atoms with Gasteiger partial charge in [-0.05, 0) is 35.7 Å². The summed E-state index contributed by atoms with van der Waals surface area (Å²) in [5.74, 6) is -2.52. The molecule has 12 heteroatoms. The third-order valence-electron chi connectivity index (χ3n) is 6.95. The fraction of sp³-hybridized carbons (Fsp3) is 0.286. The number of ketones is 1. The summed E-state index contributed by atoms with van der Waals surface area (Å²) in [6.07, 6.45) is 1.30. The topological polar surface area (TPSA) is 166 Å². The SMILES string of the molecule is CN(C(CNC(=O)C(=O)c1ccccc1)C(=O)N[C@H]1CCCN(C(=N)N)C1)S(=O)(=O)c1ccc2ccccc2c1. The first-order valence-electron chi connectivity index (χ1n) is 12.8. The molecule has 2 atom stereocenters. The number of carbonyl (C=O) groups excluding carboxylic acids is 3. The number of piperidine rings is 1. The second-order valence-electron chi connectivity index (χ2n) is 9.63. The molecule has 40 heavy (non-hydrogen) atoms. The molecule has 1 fully saturated rings. The second-order valence-corrected chi connectivity index (χ2v) is 11.6. The lowest BCUT2D eigenvalue weighted by molar-refractivity contribution is -0.125. The van der Waals surface area contributed by atoms with Crippen LogP contribution in [0.1, 0.15) is 23.2 Å². The molecule has 0 spiro atoms. The summed E-state index contributed by atoms with van der Waals surface area (Å²) in [5.41, 5.74) is 5.79. The van der Waals surface area contributed by atoms with Crippen molar-refractivity contribution in [2.75, 3.05) is 26.7 Å². The van der Waals surface area contributed by atoms with Crippen molar-refractivity contribution in [3.8, 4) is 0 Å². The minimum atomic E-state index is -4.19. The Kier molecular flexibility index (Phi) is 8.80. The predicted molar refractivity (Wildman–Crippen MR) is 151 cm³/mol. The summed E-state index contributed by atoms with van der Waals surface area (Å²) in [6, 6.07) is 18.2. The molecule has 3 aromatic rings. The van der Waals surface area contributed by atoms with Crippen molar-refractivity contribution in [3.05, 3.63) is 78.4 Å². The fourth-order valence-corrected chi connectivity index (χ4v) is 6.00. The van der Waals surface area contributed by atoms with Crippen LogP contribution in [0.4, 0.5) is 0 Å². The summed E-state index contributed by atoms with van der Waals surface area (Å²) in [6.45, 7) is 0.447. The maximum Gasteiger partial charge on any atom is 0.292 e. The van der Waals surface area contributed by atoms with Crippen LogP contribution in [0.3, 0.4) is 0 Å². The van der Waals surface area contributed by atoms with Crippen LogP contribution in [0.25, 0.3) is 10.8 Å². The van der Waals surface area contributed by atoms with Crippen molar-refractivity contribution in [3.63, 3.8) is 0 Å². The van der Waals surface area contributed by atoms with E-state index in [1.54, 1.807) is 41.3 Å². The lowest BCUT2D eigenvalue weighted by atomic mass is 10.1. The number of hydrogen-bond acceptors (Lipinski definition) is 6. The second kappa shape index (κ2) is 12.3. The molecule has 1 aliphatic rings. The zero-order valence-corrected chi connectivity index (χ0v) is 22.9. The number of Topliss-reactive ketones (excluding diaryl/α,β-unsaturated/α-hetero) is 1. The highest BCUT2D eigenvalue weighted by atomic mass is 32.2. The van der Waals surface area contributed by atoms with Gasteiger partial charge in [-0.1, -0.05) is 60.7 Å². The molecule has 3 aromatic carbocycles. The number of benzene rings is 3. The van der Waals surface area contributed by atoms with Gasteiger partial charge < -0.3 is 21.3 Å². The highest BCUT2D eigenvalue weighted by molar-refractivity contribution is 7.89. The van der Waals surface area contributed by atoms with E-state index in [1.165, 1.54) is 31.3 Å². The Morgan fingerprint density at radius 3 is 2.42 bits per heavy atom. The van der Waals surface area contributed by atoms with E-state index in [-0.39, 0.29) is 22.5 Å². The van der Waals surface area contributed by atoms with E-state index in [0.29, 0.717) is 31.3 Å². The van der Waals surface area contributed by atoms with Crippen molar-refractivity contribution in [1.29, 1.82) is 5.41 Å². The Bertz CT molecular complexity index is 1530. The van der Waals surface area contributed by atoms with Gasteiger partial charge in [0, 0.05) is 38.3 Å². The first-order valence-corrected chi connectivity index (χ1v) is 14.3. The number of carbonyl (C=O) groups is 3. The number of fused-ring (bicyclic) bond motifs is 1. The van der Waals surface area contributed by atoms with Crippen LogP contribution >= 0.6 is 0 Å². The quantitative estimate of drug-likeness (QED) is 0.132. The summed E-state index contributed by atoms with van der Waals surface area (Å²) >= 11 is 0. The first-order chi connectivity index (χ1) is 19.1. The van der Waals surface area contributed by atoms with Crippen molar-refractivity contribution in [1.82, 2.24) is 19.8 Å². The van der Waals surface area contributed by atoms with E-state index in [1.807, 2.05) is 12.1 Å². The minimum Gasteiger partial charge on any atom is -0.370 e. The van der Waals surface area contributed by atoms with Gasteiger partial charge in [-0.15, -0.1) is 0 Å². The van der Waals surface area contributed by atoms with Gasteiger partial charge in [0.25, 0.3) is 5.91 Å². The van der Waals surface area contributed by atoms with Crippen molar-refractivity contribution >= 4 is 44.4 Å². The molecule has 0 saturated carbocycles. The van der Waals surface area contributed by atoms with E-state index in [9.17, 15) is 22.8 Å². The van der Waals surface area contributed by atoms with Crippen LogP contribution in [0.2, 0.25) is 0 Å². The molecule has 11 nitrogen and oxygen atoms in total. The maximum atomic E-state index is 13.7. The molecule has 5 N–H and O–H groups in total. The molecule has 0 bridgehead atoms. The highest BCUT2D eigenvalue weighted by Gasteiger charge is 2.35. The monoisotopic (exact) mass is 564 g/mol. The largest absolute Gasteiger partial charge is 0.370 e. The number of nitrogens with two attached hydrogens (primary N) is 1. The maximum absolute atomic E-state index is 13.7. The Labute approximate surface area is 232 Å². The summed E-state index contributed by atoms with van der Waals surface area (Å²) in [7, 11) is -2.92. The van der Waals surface area contributed by atoms with Crippen LogP contribution in [0.15, 0.2) is 77.7 Å². The number of amides is 2. The van der Waals surface area contributed by atoms with E-state index < -0.39 is 40.2 Å². The lowest BCUT2D eigenvalue weighted by Gasteiger charge is -2.35. The van der Waals surface area contributed by atoms with E-state index in [2.05, 4.69) is 10.6 Å². The molecule has 0 aromatic heterocycles. The highest BCUT2D eigenvalue weighted by Crippen LogP contribution is 2.23. The summed E-state index contributed by atoms with van der Waals surface area (Å²) in [4.78, 5) is 40.4. The van der Waals surface area contributed by atoms with Gasteiger partial charge in [0.1, 0.15) is 6.04 Å². The van der Waals surface area contributed by atoms with Gasteiger partial charge in [0.2, 0.25) is 21.7 Å². The van der Waals surface area contributed by atoms with Crippen molar-refractivity contribution in [2.24, 2.45) is 5.73 Å². The Balaban J connectivity index is 1.57. The Hall–Kier alpha value is -4.29. The average molecular weight is 565 g/mol. The number of rotatable bonds is 9. The predicted octanol–water partition coefficient (Wildman–Crippen LogP) is 1.30. The number of guanidine groups is 1. The lowest BCUT2D eigenvalue weighted by Crippen LogP contribution is -2.58. The van der Waals surface area contributed by atoms with Crippen molar-refractivity contribution < 1.29 is 22.8 Å². The Morgan fingerprint density at radius 2 is 1.73 bits per heavy atom. The molecule has 1 unspecified atom stereocenters. The molecular weight excluding hydrogens is 532 g/mol. The number of hydrogen-bond donors (Lipinski definition) is 4. The molecule has 4 rings (SSSR count). The zero-order chi connectivity index (χ0) is 28.9.